The Morgan fingerprint density at radius 1 is 1.50 bits per heavy atom. The molecule has 0 N–H and O–H groups in total. The highest BCUT2D eigenvalue weighted by atomic mass is 31.2. The summed E-state index contributed by atoms with van der Waals surface area (Å²) in [7, 11) is -2.32. The van der Waals surface area contributed by atoms with Gasteiger partial charge in [-0.1, -0.05) is 0 Å². The number of hydrogen-bond donors (Lipinski definition) is 0. The highest BCUT2D eigenvalue weighted by Crippen LogP contribution is 2.48. The zero-order valence-corrected chi connectivity index (χ0v) is 8.93. The van der Waals surface area contributed by atoms with Gasteiger partial charge >= 0.3 is 0 Å². The van der Waals surface area contributed by atoms with Gasteiger partial charge in [-0.3, -0.25) is 9.98 Å². The van der Waals surface area contributed by atoms with Crippen LogP contribution in [-0.2, 0) is 4.57 Å². The van der Waals surface area contributed by atoms with E-state index in [0.29, 0.717) is 11.1 Å². The summed E-state index contributed by atoms with van der Waals surface area (Å²) in [5, 5.41) is 0. The van der Waals surface area contributed by atoms with E-state index in [1.54, 1.807) is 33.4 Å². The molecular weight excluding hydrogens is 171 g/mol. The minimum absolute atomic E-state index is 0.514. The Bertz CT molecular complexity index is 273. The molecule has 0 spiro atoms. The van der Waals surface area contributed by atoms with E-state index in [-0.39, 0.29) is 0 Å². The number of hydrogen-bond acceptors (Lipinski definition) is 3. The summed E-state index contributed by atoms with van der Waals surface area (Å²) in [5.74, 6) is 0. The molecule has 3 nitrogen and oxygen atoms in total. The second kappa shape index (κ2) is 4.36. The predicted octanol–water partition coefficient (Wildman–Crippen LogP) is 2.59. The Kier molecular flexibility index (Phi) is 4.11. The fourth-order valence-electron chi connectivity index (χ4n) is 0.926. The molecule has 0 heterocycles. The maximum atomic E-state index is 11.6. The third-order valence-electron chi connectivity index (χ3n) is 1.31. The fourth-order valence-corrected chi connectivity index (χ4v) is 2.10. The van der Waals surface area contributed by atoms with Crippen molar-refractivity contribution in [2.45, 2.75) is 13.8 Å². The van der Waals surface area contributed by atoms with Gasteiger partial charge in [0.25, 0.3) is 0 Å². The lowest BCUT2D eigenvalue weighted by atomic mass is 10.5. The Hall–Kier alpha value is -0.690. The van der Waals surface area contributed by atoms with E-state index >= 15 is 0 Å². The lowest BCUT2D eigenvalue weighted by Crippen LogP contribution is -1.84. The summed E-state index contributed by atoms with van der Waals surface area (Å²) in [4.78, 5) is 7.74. The average Bonchev–Trinajstić information content (AvgIpc) is 1.85. The minimum atomic E-state index is -2.32. The third kappa shape index (κ3) is 3.14. The summed E-state index contributed by atoms with van der Waals surface area (Å²) in [6.45, 7) is 10.3. The molecule has 0 saturated heterocycles. The van der Waals surface area contributed by atoms with Crippen LogP contribution in [0.1, 0.15) is 13.8 Å². The van der Waals surface area contributed by atoms with Crippen LogP contribution in [0, 0.1) is 0 Å². The first-order valence-electron chi connectivity index (χ1n) is 3.65. The van der Waals surface area contributed by atoms with Gasteiger partial charge in [0.1, 0.15) is 12.6 Å². The van der Waals surface area contributed by atoms with E-state index < -0.39 is 7.14 Å². The Morgan fingerprint density at radius 2 is 2.00 bits per heavy atom. The van der Waals surface area contributed by atoms with Crippen molar-refractivity contribution in [2.75, 3.05) is 13.3 Å². The maximum absolute atomic E-state index is 11.6. The molecule has 0 aliphatic rings. The lowest BCUT2D eigenvalue weighted by molar-refractivity contribution is 0.585. The molecule has 0 aliphatic carbocycles. The largest absolute Gasteiger partial charge is 0.318 e. The zero-order chi connectivity index (χ0) is 9.78. The molecule has 4 heteroatoms. The van der Waals surface area contributed by atoms with Crippen molar-refractivity contribution < 1.29 is 4.57 Å². The number of nitrogens with zero attached hydrogens (tertiary/aromatic N) is 2. The van der Waals surface area contributed by atoms with Gasteiger partial charge in [0.15, 0.2) is 0 Å². The van der Waals surface area contributed by atoms with Crippen LogP contribution < -0.4 is 0 Å². The molecule has 0 fully saturated rings. The summed E-state index contributed by atoms with van der Waals surface area (Å²) in [6.07, 6.45) is 1.65. The van der Waals surface area contributed by atoms with E-state index in [2.05, 4.69) is 16.7 Å². The van der Waals surface area contributed by atoms with Gasteiger partial charge in [-0.15, -0.1) is 0 Å². The zero-order valence-electron chi connectivity index (χ0n) is 8.03. The number of allylic oxidation sites excluding steroid dienone is 1. The molecule has 0 atom stereocenters. The monoisotopic (exact) mass is 186 g/mol. The normalized spacial score (nSPS) is 14.7. The van der Waals surface area contributed by atoms with E-state index in [1.807, 2.05) is 0 Å². The molecule has 0 aliphatic heterocycles. The standard InChI is InChI=1S/C8H15N2OP/c1-6-10-7(2)8(9-3)12(4,5)11/h6H,3H2,1-2,4-5H3/b8-7+,10-6-. The number of rotatable bonds is 3. The molecule has 0 bridgehead atoms. The quantitative estimate of drug-likeness (QED) is 0.493. The molecule has 0 amide bonds. The molecule has 68 valence electrons. The highest BCUT2D eigenvalue weighted by Gasteiger charge is 2.15. The van der Waals surface area contributed by atoms with Crippen molar-refractivity contribution in [1.82, 2.24) is 0 Å². The molecule has 0 radical (unpaired) electrons. The lowest BCUT2D eigenvalue weighted by Gasteiger charge is -2.07. The summed E-state index contributed by atoms with van der Waals surface area (Å²) in [6, 6.07) is 0. The fraction of sp³-hybridized carbons (Fsp3) is 0.500. The Balaban J connectivity index is 5.14. The Morgan fingerprint density at radius 3 is 2.25 bits per heavy atom. The van der Waals surface area contributed by atoms with Gasteiger partial charge in [-0.05, 0) is 33.9 Å². The van der Waals surface area contributed by atoms with Crippen molar-refractivity contribution in [1.29, 1.82) is 0 Å². The predicted molar refractivity (Wildman–Crippen MR) is 55.9 cm³/mol. The molecule has 12 heavy (non-hydrogen) atoms. The summed E-state index contributed by atoms with van der Waals surface area (Å²) in [5.41, 5.74) is 1.20. The van der Waals surface area contributed by atoms with Gasteiger partial charge in [-0.25, -0.2) is 0 Å². The average molecular weight is 186 g/mol. The van der Waals surface area contributed by atoms with Crippen LogP contribution in [-0.4, -0.2) is 26.3 Å². The van der Waals surface area contributed by atoms with Crippen LogP contribution in [0.3, 0.4) is 0 Å². The smallest absolute Gasteiger partial charge is 0.129 e. The summed E-state index contributed by atoms with van der Waals surface area (Å²) >= 11 is 0. The van der Waals surface area contributed by atoms with Crippen LogP contribution in [0.2, 0.25) is 0 Å². The second-order valence-electron chi connectivity index (χ2n) is 2.81. The van der Waals surface area contributed by atoms with E-state index in [1.165, 1.54) is 0 Å². The molecule has 0 aromatic rings. The van der Waals surface area contributed by atoms with Gasteiger partial charge in [0, 0.05) is 6.21 Å². The first-order chi connectivity index (χ1) is 5.43. The van der Waals surface area contributed by atoms with Gasteiger partial charge in [0.05, 0.1) is 5.70 Å². The van der Waals surface area contributed by atoms with Crippen molar-refractivity contribution in [2.24, 2.45) is 9.98 Å². The molecule has 0 rings (SSSR count). The minimum Gasteiger partial charge on any atom is -0.318 e. The first-order valence-corrected chi connectivity index (χ1v) is 6.25. The molecule has 0 saturated carbocycles. The van der Waals surface area contributed by atoms with Crippen LogP contribution in [0.5, 0.6) is 0 Å². The van der Waals surface area contributed by atoms with Crippen molar-refractivity contribution in [3.63, 3.8) is 0 Å². The van der Waals surface area contributed by atoms with E-state index in [0.717, 1.165) is 0 Å². The number of aliphatic imine (C=N–C) groups is 2. The molecule has 0 aromatic heterocycles. The second-order valence-corrected chi connectivity index (χ2v) is 5.93. The van der Waals surface area contributed by atoms with Crippen molar-refractivity contribution in [3.05, 3.63) is 11.1 Å². The molecule has 0 unspecified atom stereocenters. The van der Waals surface area contributed by atoms with Crippen LogP contribution >= 0.6 is 7.14 Å². The maximum Gasteiger partial charge on any atom is 0.129 e. The SMILES string of the molecule is C=N/C(=C(C)\N=C/C)P(C)(C)=O. The highest BCUT2D eigenvalue weighted by molar-refractivity contribution is 7.66. The van der Waals surface area contributed by atoms with Crippen LogP contribution in [0.25, 0.3) is 0 Å². The van der Waals surface area contributed by atoms with Crippen molar-refractivity contribution >= 4 is 20.1 Å². The molecule has 0 aromatic carbocycles. The van der Waals surface area contributed by atoms with Gasteiger partial charge < -0.3 is 4.57 Å². The molecular formula is C8H15N2OP. The van der Waals surface area contributed by atoms with Crippen molar-refractivity contribution in [3.8, 4) is 0 Å². The topological polar surface area (TPSA) is 41.8 Å². The first kappa shape index (κ1) is 11.3. The Labute approximate surface area is 73.7 Å². The van der Waals surface area contributed by atoms with Gasteiger partial charge in [-0.2, -0.15) is 0 Å². The summed E-state index contributed by atoms with van der Waals surface area (Å²) < 4.78 is 11.6. The van der Waals surface area contributed by atoms with E-state index in [9.17, 15) is 4.57 Å². The van der Waals surface area contributed by atoms with Crippen LogP contribution in [0.4, 0.5) is 0 Å². The van der Waals surface area contributed by atoms with Gasteiger partial charge in [0.2, 0.25) is 0 Å². The van der Waals surface area contributed by atoms with E-state index in [4.69, 9.17) is 0 Å². The van der Waals surface area contributed by atoms with Crippen LogP contribution in [0.15, 0.2) is 21.1 Å². The third-order valence-corrected chi connectivity index (χ3v) is 2.79.